The molecule has 0 aliphatic carbocycles. The molecule has 8 heteroatoms. The summed E-state index contributed by atoms with van der Waals surface area (Å²) in [5.74, 6) is -0.733. The normalized spacial score (nSPS) is 16.5. The lowest BCUT2D eigenvalue weighted by molar-refractivity contribution is -0.147. The molecule has 0 saturated carbocycles. The number of ether oxygens (including phenoxy) is 1. The van der Waals surface area contributed by atoms with Gasteiger partial charge in [0.1, 0.15) is 0 Å². The Morgan fingerprint density at radius 2 is 1.70 bits per heavy atom. The van der Waals surface area contributed by atoms with E-state index < -0.39 is 10.0 Å². The van der Waals surface area contributed by atoms with Crippen LogP contribution in [-0.4, -0.2) is 50.3 Å². The van der Waals surface area contributed by atoms with Crippen LogP contribution in [-0.2, 0) is 29.8 Å². The Balaban J connectivity index is 1.87. The van der Waals surface area contributed by atoms with E-state index in [0.717, 1.165) is 5.56 Å². The van der Waals surface area contributed by atoms with E-state index >= 15 is 0 Å². The maximum Gasteiger partial charge on any atom is 0.307 e. The van der Waals surface area contributed by atoms with Gasteiger partial charge in [0.2, 0.25) is 15.9 Å². The van der Waals surface area contributed by atoms with Crippen molar-refractivity contribution >= 4 is 21.9 Å². The number of hydrogen-bond acceptors (Lipinski definition) is 5. The van der Waals surface area contributed by atoms with Gasteiger partial charge in [-0.3, -0.25) is 9.59 Å². The molecule has 0 unspecified atom stereocenters. The number of amides is 1. The van der Waals surface area contributed by atoms with Gasteiger partial charge in [0.05, 0.1) is 17.4 Å². The van der Waals surface area contributed by atoms with Crippen molar-refractivity contribution in [2.24, 2.45) is 5.92 Å². The number of sulfonamides is 1. The number of benzene rings is 1. The molecule has 1 aliphatic rings. The van der Waals surface area contributed by atoms with Crippen molar-refractivity contribution in [1.82, 2.24) is 9.62 Å². The summed E-state index contributed by atoms with van der Waals surface area (Å²) in [7, 11) is -3.57. The highest BCUT2D eigenvalue weighted by Crippen LogP contribution is 2.27. The van der Waals surface area contributed by atoms with E-state index in [1.54, 1.807) is 26.0 Å². The highest BCUT2D eigenvalue weighted by atomic mass is 32.2. The third-order valence-electron chi connectivity index (χ3n) is 5.18. The van der Waals surface area contributed by atoms with Crippen molar-refractivity contribution in [2.75, 3.05) is 19.6 Å². The van der Waals surface area contributed by atoms with E-state index in [2.05, 4.69) is 26.1 Å². The topological polar surface area (TPSA) is 92.8 Å². The van der Waals surface area contributed by atoms with Gasteiger partial charge in [-0.15, -0.1) is 0 Å². The summed E-state index contributed by atoms with van der Waals surface area (Å²) in [6, 6.07) is 7.03. The predicted molar refractivity (Wildman–Crippen MR) is 115 cm³/mol. The monoisotopic (exact) mass is 438 g/mol. The van der Waals surface area contributed by atoms with Gasteiger partial charge in [-0.1, -0.05) is 32.9 Å². The minimum Gasteiger partial charge on any atom is -0.463 e. The molecule has 168 valence electrons. The predicted octanol–water partition coefficient (Wildman–Crippen LogP) is 2.84. The molecule has 1 saturated heterocycles. The number of esters is 1. The second kappa shape index (κ2) is 9.92. The Labute approximate surface area is 180 Å². The lowest BCUT2D eigenvalue weighted by atomic mass is 9.87. The number of hydrogen-bond donors (Lipinski definition) is 1. The van der Waals surface area contributed by atoms with Crippen molar-refractivity contribution in [3.05, 3.63) is 29.8 Å². The summed E-state index contributed by atoms with van der Waals surface area (Å²) in [5.41, 5.74) is 1.04. The first-order chi connectivity index (χ1) is 13.9. The average molecular weight is 439 g/mol. The molecular weight excluding hydrogens is 404 g/mol. The van der Waals surface area contributed by atoms with Crippen LogP contribution in [0.3, 0.4) is 0 Å². The second-order valence-electron chi connectivity index (χ2n) is 9.03. The van der Waals surface area contributed by atoms with Crippen molar-refractivity contribution < 1.29 is 22.7 Å². The van der Waals surface area contributed by atoms with Gasteiger partial charge < -0.3 is 10.1 Å². The maximum atomic E-state index is 12.9. The zero-order valence-electron chi connectivity index (χ0n) is 18.6. The smallest absolute Gasteiger partial charge is 0.307 e. The van der Waals surface area contributed by atoms with E-state index in [0.29, 0.717) is 25.9 Å². The summed E-state index contributed by atoms with van der Waals surface area (Å²) >= 11 is 0. The van der Waals surface area contributed by atoms with E-state index in [-0.39, 0.29) is 47.2 Å². The molecule has 1 aromatic rings. The molecule has 1 aliphatic heterocycles. The molecule has 1 heterocycles. The Bertz CT molecular complexity index is 833. The van der Waals surface area contributed by atoms with E-state index in [9.17, 15) is 18.0 Å². The summed E-state index contributed by atoms with van der Waals surface area (Å²) in [6.07, 6.45) is 0.870. The molecule has 1 aromatic carbocycles. The number of rotatable bonds is 7. The molecular formula is C22H34N2O5S. The first-order valence-corrected chi connectivity index (χ1v) is 11.9. The fourth-order valence-corrected chi connectivity index (χ4v) is 4.86. The summed E-state index contributed by atoms with van der Waals surface area (Å²) < 4.78 is 32.3. The lowest BCUT2D eigenvalue weighted by Crippen LogP contribution is -2.43. The first-order valence-electron chi connectivity index (χ1n) is 10.5. The van der Waals surface area contributed by atoms with Crippen molar-refractivity contribution in [1.29, 1.82) is 0 Å². The standard InChI is InChI=1S/C22H34N2O5S/c1-16(2)29-20(25)10-13-23-21(26)17-11-14-24(15-12-17)30(27,28)19-8-6-18(7-9-19)22(3,4)5/h6-9,16-17H,10-15H2,1-5H3,(H,23,26). The lowest BCUT2D eigenvalue weighted by Gasteiger charge is -2.30. The van der Waals surface area contributed by atoms with Crippen LogP contribution in [0.25, 0.3) is 0 Å². The van der Waals surface area contributed by atoms with Crippen LogP contribution >= 0.6 is 0 Å². The molecule has 0 bridgehead atoms. The number of carbonyl (C=O) groups is 2. The van der Waals surface area contributed by atoms with Gasteiger partial charge >= 0.3 is 5.97 Å². The Kier molecular flexibility index (Phi) is 8.05. The van der Waals surface area contributed by atoms with Crippen LogP contribution in [0.4, 0.5) is 0 Å². The van der Waals surface area contributed by atoms with Gasteiger partial charge in [-0.05, 0) is 49.8 Å². The maximum absolute atomic E-state index is 12.9. The van der Waals surface area contributed by atoms with Gasteiger partial charge in [-0.2, -0.15) is 4.31 Å². The number of piperidine rings is 1. The quantitative estimate of drug-likeness (QED) is 0.661. The first kappa shape index (κ1) is 24.3. The molecule has 0 radical (unpaired) electrons. The zero-order chi connectivity index (χ0) is 22.5. The second-order valence-corrected chi connectivity index (χ2v) is 11.0. The Hall–Kier alpha value is -1.93. The molecule has 0 spiro atoms. The molecule has 1 amide bonds. The third-order valence-corrected chi connectivity index (χ3v) is 7.09. The summed E-state index contributed by atoms with van der Waals surface area (Å²) in [6.45, 7) is 10.6. The van der Waals surface area contributed by atoms with Crippen LogP contribution in [0.5, 0.6) is 0 Å². The molecule has 1 fully saturated rings. The fourth-order valence-electron chi connectivity index (χ4n) is 3.39. The van der Waals surface area contributed by atoms with Crippen LogP contribution < -0.4 is 5.32 Å². The minimum absolute atomic E-state index is 0.0421. The number of nitrogens with one attached hydrogen (secondary N) is 1. The summed E-state index contributed by atoms with van der Waals surface area (Å²) in [4.78, 5) is 24.1. The molecule has 2 rings (SSSR count). The molecule has 0 atom stereocenters. The van der Waals surface area contributed by atoms with Gasteiger partial charge in [0, 0.05) is 25.6 Å². The largest absolute Gasteiger partial charge is 0.463 e. The van der Waals surface area contributed by atoms with Crippen LogP contribution in [0.2, 0.25) is 0 Å². The third kappa shape index (κ3) is 6.54. The summed E-state index contributed by atoms with van der Waals surface area (Å²) in [5, 5.41) is 2.75. The Morgan fingerprint density at radius 1 is 1.13 bits per heavy atom. The number of carbonyl (C=O) groups excluding carboxylic acids is 2. The van der Waals surface area contributed by atoms with Gasteiger partial charge in [0.15, 0.2) is 0 Å². The van der Waals surface area contributed by atoms with Crippen molar-refractivity contribution in [3.63, 3.8) is 0 Å². The fraction of sp³-hybridized carbons (Fsp3) is 0.636. The van der Waals surface area contributed by atoms with Crippen LogP contribution in [0.15, 0.2) is 29.2 Å². The Morgan fingerprint density at radius 3 is 2.20 bits per heavy atom. The molecule has 30 heavy (non-hydrogen) atoms. The minimum atomic E-state index is -3.57. The number of nitrogens with zero attached hydrogens (tertiary/aromatic N) is 1. The van der Waals surface area contributed by atoms with E-state index in [4.69, 9.17) is 4.74 Å². The van der Waals surface area contributed by atoms with Gasteiger partial charge in [0.25, 0.3) is 0 Å². The van der Waals surface area contributed by atoms with Gasteiger partial charge in [-0.25, -0.2) is 8.42 Å². The van der Waals surface area contributed by atoms with Crippen molar-refractivity contribution in [2.45, 2.75) is 70.3 Å². The van der Waals surface area contributed by atoms with Crippen molar-refractivity contribution in [3.8, 4) is 0 Å². The van der Waals surface area contributed by atoms with E-state index in [1.807, 2.05) is 12.1 Å². The molecule has 7 nitrogen and oxygen atoms in total. The van der Waals surface area contributed by atoms with Crippen LogP contribution in [0, 0.1) is 5.92 Å². The van der Waals surface area contributed by atoms with E-state index in [1.165, 1.54) is 4.31 Å². The highest BCUT2D eigenvalue weighted by molar-refractivity contribution is 7.89. The zero-order valence-corrected chi connectivity index (χ0v) is 19.4. The average Bonchev–Trinajstić information content (AvgIpc) is 2.67. The molecule has 0 aromatic heterocycles. The molecule has 1 N–H and O–H groups in total. The highest BCUT2D eigenvalue weighted by Gasteiger charge is 2.32. The van der Waals surface area contributed by atoms with Crippen LogP contribution in [0.1, 0.15) is 59.4 Å². The SMILES string of the molecule is CC(C)OC(=O)CCNC(=O)C1CCN(S(=O)(=O)c2ccc(C(C)(C)C)cc2)CC1.